The van der Waals surface area contributed by atoms with Gasteiger partial charge in [0, 0.05) is 18.3 Å². The van der Waals surface area contributed by atoms with Crippen molar-refractivity contribution >= 4 is 21.7 Å². The highest BCUT2D eigenvalue weighted by molar-refractivity contribution is 7.88. The van der Waals surface area contributed by atoms with E-state index in [4.69, 9.17) is 0 Å². The average Bonchev–Trinajstić information content (AvgIpc) is 2.25. The summed E-state index contributed by atoms with van der Waals surface area (Å²) in [5.41, 5.74) is 0. The number of Topliss-reactive ketones (excluding diaryl/α,β-unsaturated/α-hetero) is 2. The summed E-state index contributed by atoms with van der Waals surface area (Å²) >= 11 is 0. The first-order chi connectivity index (χ1) is 7.77. The molecule has 2 fully saturated rings. The van der Waals surface area contributed by atoms with Crippen LogP contribution in [0.3, 0.4) is 0 Å². The van der Waals surface area contributed by atoms with Crippen molar-refractivity contribution in [3.8, 4) is 0 Å². The van der Waals surface area contributed by atoms with Gasteiger partial charge in [0.25, 0.3) is 10.1 Å². The Morgan fingerprint density at radius 3 is 2.24 bits per heavy atom. The van der Waals surface area contributed by atoms with Crippen LogP contribution in [0.1, 0.15) is 39.0 Å². The summed E-state index contributed by atoms with van der Waals surface area (Å²) in [6.45, 7) is 1.16. The average molecular weight is 260 g/mol. The van der Waals surface area contributed by atoms with Gasteiger partial charge >= 0.3 is 0 Å². The molecular formula is C11H16O5S. The predicted molar refractivity (Wildman–Crippen MR) is 60.0 cm³/mol. The molecule has 6 heteroatoms. The maximum Gasteiger partial charge on any atom is 0.278 e. The van der Waals surface area contributed by atoms with Gasteiger partial charge in [-0.25, -0.2) is 0 Å². The SMILES string of the molecule is CC1(S(=O)(=O)O)CC(=O)C2CCCCC2C1=O. The molecular weight excluding hydrogens is 244 g/mol. The Morgan fingerprint density at radius 1 is 1.18 bits per heavy atom. The van der Waals surface area contributed by atoms with E-state index in [1.807, 2.05) is 0 Å². The summed E-state index contributed by atoms with van der Waals surface area (Å²) in [5.74, 6) is -1.53. The van der Waals surface area contributed by atoms with Crippen molar-refractivity contribution < 1.29 is 22.6 Å². The van der Waals surface area contributed by atoms with E-state index >= 15 is 0 Å². The van der Waals surface area contributed by atoms with Gasteiger partial charge in [-0.05, 0) is 19.8 Å². The quantitative estimate of drug-likeness (QED) is 0.710. The van der Waals surface area contributed by atoms with Gasteiger partial charge in [0.1, 0.15) is 5.78 Å². The fourth-order valence-corrected chi connectivity index (χ4v) is 3.72. The predicted octanol–water partition coefficient (Wildman–Crippen LogP) is 0.981. The molecule has 0 radical (unpaired) electrons. The minimum absolute atomic E-state index is 0.200. The topological polar surface area (TPSA) is 88.5 Å². The van der Waals surface area contributed by atoms with Crippen LogP contribution < -0.4 is 0 Å². The van der Waals surface area contributed by atoms with Crippen molar-refractivity contribution in [2.45, 2.75) is 43.8 Å². The normalized spacial score (nSPS) is 38.9. The lowest BCUT2D eigenvalue weighted by Gasteiger charge is -2.40. The van der Waals surface area contributed by atoms with Crippen LogP contribution in [0.15, 0.2) is 0 Å². The number of hydrogen-bond donors (Lipinski definition) is 1. The fourth-order valence-electron chi connectivity index (χ4n) is 2.99. The van der Waals surface area contributed by atoms with Crippen molar-refractivity contribution in [2.75, 3.05) is 0 Å². The summed E-state index contributed by atoms with van der Waals surface area (Å²) in [6.07, 6.45) is 2.58. The van der Waals surface area contributed by atoms with Crippen LogP contribution in [-0.2, 0) is 19.7 Å². The molecule has 17 heavy (non-hydrogen) atoms. The highest BCUT2D eigenvalue weighted by atomic mass is 32.2. The molecule has 1 N–H and O–H groups in total. The molecule has 2 saturated carbocycles. The zero-order valence-corrected chi connectivity index (χ0v) is 10.5. The van der Waals surface area contributed by atoms with E-state index in [9.17, 15) is 22.6 Å². The van der Waals surface area contributed by atoms with E-state index in [1.54, 1.807) is 0 Å². The number of carbonyl (C=O) groups is 2. The highest BCUT2D eigenvalue weighted by Gasteiger charge is 2.56. The molecule has 5 nitrogen and oxygen atoms in total. The van der Waals surface area contributed by atoms with Crippen LogP contribution in [-0.4, -0.2) is 29.3 Å². The molecule has 2 aliphatic carbocycles. The van der Waals surface area contributed by atoms with E-state index in [-0.39, 0.29) is 18.1 Å². The second-order valence-electron chi connectivity index (χ2n) is 5.21. The molecule has 3 atom stereocenters. The van der Waals surface area contributed by atoms with E-state index < -0.39 is 26.6 Å². The van der Waals surface area contributed by atoms with Gasteiger partial charge in [-0.3, -0.25) is 14.1 Å². The van der Waals surface area contributed by atoms with Crippen LogP contribution in [0.4, 0.5) is 0 Å². The van der Waals surface area contributed by atoms with E-state index in [0.717, 1.165) is 19.8 Å². The van der Waals surface area contributed by atoms with Gasteiger partial charge in [0.15, 0.2) is 10.5 Å². The molecule has 2 aliphatic rings. The number of hydrogen-bond acceptors (Lipinski definition) is 4. The van der Waals surface area contributed by atoms with Gasteiger partial charge in [-0.1, -0.05) is 12.8 Å². The van der Waals surface area contributed by atoms with Crippen molar-refractivity contribution in [2.24, 2.45) is 11.8 Å². The third-order valence-electron chi connectivity index (χ3n) is 4.12. The first-order valence-corrected chi connectivity index (χ1v) is 7.25. The van der Waals surface area contributed by atoms with Crippen LogP contribution in [0, 0.1) is 11.8 Å². The van der Waals surface area contributed by atoms with Crippen LogP contribution in [0.5, 0.6) is 0 Å². The lowest BCUT2D eigenvalue weighted by molar-refractivity contribution is -0.142. The van der Waals surface area contributed by atoms with Crippen molar-refractivity contribution in [1.82, 2.24) is 0 Å². The maximum atomic E-state index is 12.2. The van der Waals surface area contributed by atoms with Gasteiger partial charge < -0.3 is 0 Å². The molecule has 0 heterocycles. The molecule has 0 spiro atoms. The Kier molecular flexibility index (Phi) is 2.90. The molecule has 2 rings (SSSR count). The second kappa shape index (κ2) is 3.88. The fraction of sp³-hybridized carbons (Fsp3) is 0.818. The summed E-state index contributed by atoms with van der Waals surface area (Å²) in [4.78, 5) is 24.1. The number of ketones is 2. The van der Waals surface area contributed by atoms with Crippen LogP contribution in [0.25, 0.3) is 0 Å². The smallest absolute Gasteiger partial charge is 0.278 e. The van der Waals surface area contributed by atoms with Crippen molar-refractivity contribution in [3.05, 3.63) is 0 Å². The van der Waals surface area contributed by atoms with Gasteiger partial charge in [0.2, 0.25) is 0 Å². The second-order valence-corrected chi connectivity index (χ2v) is 7.06. The monoisotopic (exact) mass is 260 g/mol. The Balaban J connectivity index is 2.42. The third-order valence-corrected chi connectivity index (χ3v) is 5.60. The molecule has 0 aromatic heterocycles. The Bertz CT molecular complexity index is 466. The number of carbonyl (C=O) groups excluding carboxylic acids is 2. The molecule has 3 unspecified atom stereocenters. The molecule has 0 bridgehead atoms. The lowest BCUT2D eigenvalue weighted by Crippen LogP contribution is -2.56. The molecule has 0 amide bonds. The summed E-state index contributed by atoms with van der Waals surface area (Å²) < 4.78 is 29.9. The van der Waals surface area contributed by atoms with E-state index in [2.05, 4.69) is 0 Å². The van der Waals surface area contributed by atoms with Gasteiger partial charge in [-0.2, -0.15) is 8.42 Å². The minimum Gasteiger partial charge on any atom is -0.299 e. The summed E-state index contributed by atoms with van der Waals surface area (Å²) in [5, 5.41) is 0. The largest absolute Gasteiger partial charge is 0.299 e. The molecule has 0 aliphatic heterocycles. The molecule has 96 valence electrons. The lowest BCUT2D eigenvalue weighted by atomic mass is 9.66. The van der Waals surface area contributed by atoms with Gasteiger partial charge in [0.05, 0.1) is 0 Å². The molecule has 0 aromatic carbocycles. The first-order valence-electron chi connectivity index (χ1n) is 5.81. The van der Waals surface area contributed by atoms with Crippen molar-refractivity contribution in [1.29, 1.82) is 0 Å². The number of rotatable bonds is 1. The zero-order valence-electron chi connectivity index (χ0n) is 9.68. The molecule has 0 saturated heterocycles. The van der Waals surface area contributed by atoms with Crippen molar-refractivity contribution in [3.63, 3.8) is 0 Å². The maximum absolute atomic E-state index is 12.2. The van der Waals surface area contributed by atoms with Crippen LogP contribution in [0.2, 0.25) is 0 Å². The Morgan fingerprint density at radius 2 is 1.71 bits per heavy atom. The van der Waals surface area contributed by atoms with Crippen LogP contribution >= 0.6 is 0 Å². The highest BCUT2D eigenvalue weighted by Crippen LogP contribution is 2.42. The van der Waals surface area contributed by atoms with E-state index in [0.29, 0.717) is 12.8 Å². The standard InChI is InChI=1S/C11H16O5S/c1-11(17(14,15)16)6-9(12)7-4-2-3-5-8(7)10(11)13/h7-8H,2-6H2,1H3,(H,14,15,16). The third kappa shape index (κ3) is 1.83. The van der Waals surface area contributed by atoms with Gasteiger partial charge in [-0.15, -0.1) is 0 Å². The number of fused-ring (bicyclic) bond motifs is 1. The molecule has 0 aromatic rings. The summed E-state index contributed by atoms with van der Waals surface area (Å²) in [6, 6.07) is 0. The Hall–Kier alpha value is -0.750. The Labute approximate surface area is 100 Å². The first kappa shape index (κ1) is 12.7. The van der Waals surface area contributed by atoms with E-state index in [1.165, 1.54) is 0 Å². The zero-order chi connectivity index (χ0) is 12.8. The minimum atomic E-state index is -4.53. The summed E-state index contributed by atoms with van der Waals surface area (Å²) in [7, 11) is -4.53.